The van der Waals surface area contributed by atoms with Crippen molar-refractivity contribution in [2.75, 3.05) is 76.3 Å². The van der Waals surface area contributed by atoms with E-state index in [1.54, 1.807) is 0 Å². The molecule has 24 heavy (non-hydrogen) atoms. The number of halogens is 4. The third-order valence-corrected chi connectivity index (χ3v) is 4.33. The largest absolute Gasteiger partial charge is 0.338 e. The van der Waals surface area contributed by atoms with E-state index in [1.165, 1.54) is 0 Å². The van der Waals surface area contributed by atoms with Gasteiger partial charge in [0.2, 0.25) is 17.2 Å². The van der Waals surface area contributed by atoms with Gasteiger partial charge in [0.05, 0.1) is 0 Å². The summed E-state index contributed by atoms with van der Waals surface area (Å²) in [6.07, 6.45) is 0. The minimum absolute atomic E-state index is 0. The molecule has 3 heterocycles. The van der Waals surface area contributed by atoms with Gasteiger partial charge in [-0.25, -0.2) is 0 Å². The van der Waals surface area contributed by atoms with Crippen molar-refractivity contribution in [2.45, 2.75) is 0 Å². The van der Waals surface area contributed by atoms with E-state index >= 15 is 0 Å². The van der Waals surface area contributed by atoms with Crippen LogP contribution in [0.2, 0.25) is 5.28 Å². The maximum absolute atomic E-state index is 6.11. The molecule has 7 nitrogen and oxygen atoms in total. The molecule has 11 heteroatoms. The highest BCUT2D eigenvalue weighted by molar-refractivity contribution is 6.28. The Morgan fingerprint density at radius 3 is 1.29 bits per heavy atom. The molecular formula is C13H25Cl4N7. The third kappa shape index (κ3) is 5.89. The first-order chi connectivity index (χ1) is 10.1. The molecule has 0 bridgehead atoms. The molecule has 1 aromatic heterocycles. The Labute approximate surface area is 167 Å². The second kappa shape index (κ2) is 10.6. The monoisotopic (exact) mass is 419 g/mol. The summed E-state index contributed by atoms with van der Waals surface area (Å²) >= 11 is 6.11. The van der Waals surface area contributed by atoms with Gasteiger partial charge in [0, 0.05) is 52.4 Å². The van der Waals surface area contributed by atoms with Gasteiger partial charge in [-0.2, -0.15) is 15.0 Å². The predicted molar refractivity (Wildman–Crippen MR) is 106 cm³/mol. The van der Waals surface area contributed by atoms with Crippen LogP contribution in [0.25, 0.3) is 0 Å². The van der Waals surface area contributed by atoms with Crippen LogP contribution >= 0.6 is 48.8 Å². The van der Waals surface area contributed by atoms with Gasteiger partial charge in [0.1, 0.15) is 0 Å². The van der Waals surface area contributed by atoms with Gasteiger partial charge in [-0.15, -0.1) is 37.2 Å². The molecule has 0 amide bonds. The lowest BCUT2D eigenvalue weighted by Gasteiger charge is -2.34. The standard InChI is InChI=1S/C13H22ClN7.3ClH/c1-18-3-7-20(8-4-18)12-15-11(14)16-13(17-12)21-9-5-19(2)6-10-21;;;/h3-10H2,1-2H3;3*1H. The number of anilines is 2. The van der Waals surface area contributed by atoms with Crippen LogP contribution < -0.4 is 9.80 Å². The summed E-state index contributed by atoms with van der Waals surface area (Å²) in [4.78, 5) is 22.2. The van der Waals surface area contributed by atoms with Gasteiger partial charge in [0.15, 0.2) is 0 Å². The first kappa shape index (κ1) is 23.7. The van der Waals surface area contributed by atoms with Crippen LogP contribution in [0, 0.1) is 0 Å². The molecule has 0 aromatic carbocycles. The van der Waals surface area contributed by atoms with Crippen LogP contribution in [-0.2, 0) is 0 Å². The zero-order valence-corrected chi connectivity index (χ0v) is 17.1. The SMILES string of the molecule is CN1CCN(c2nc(Cl)nc(N3CCN(C)CC3)n2)CC1.Cl.Cl.Cl. The van der Waals surface area contributed by atoms with E-state index in [4.69, 9.17) is 11.6 Å². The lowest BCUT2D eigenvalue weighted by molar-refractivity contribution is 0.308. The summed E-state index contributed by atoms with van der Waals surface area (Å²) in [6.45, 7) is 7.80. The molecule has 0 radical (unpaired) electrons. The molecule has 2 aliphatic rings. The molecule has 0 saturated carbocycles. The van der Waals surface area contributed by atoms with Crippen molar-refractivity contribution in [3.05, 3.63) is 5.28 Å². The van der Waals surface area contributed by atoms with Gasteiger partial charge < -0.3 is 19.6 Å². The van der Waals surface area contributed by atoms with Crippen LogP contribution in [-0.4, -0.2) is 91.2 Å². The highest BCUT2D eigenvalue weighted by Crippen LogP contribution is 2.18. The van der Waals surface area contributed by atoms with E-state index in [0.717, 1.165) is 52.4 Å². The topological polar surface area (TPSA) is 51.6 Å². The van der Waals surface area contributed by atoms with Gasteiger partial charge in [-0.1, -0.05) is 0 Å². The lowest BCUT2D eigenvalue weighted by Crippen LogP contribution is -2.46. The lowest BCUT2D eigenvalue weighted by atomic mass is 10.3. The highest BCUT2D eigenvalue weighted by Gasteiger charge is 2.21. The second-order valence-corrected chi connectivity index (χ2v) is 6.12. The molecule has 0 atom stereocenters. The Morgan fingerprint density at radius 1 is 0.625 bits per heavy atom. The fraction of sp³-hybridized carbons (Fsp3) is 0.769. The molecule has 3 rings (SSSR count). The first-order valence-corrected chi connectivity index (χ1v) is 7.78. The summed E-state index contributed by atoms with van der Waals surface area (Å²) in [7, 11) is 4.26. The Hall–Kier alpha value is -0.310. The molecule has 0 aliphatic carbocycles. The highest BCUT2D eigenvalue weighted by atomic mass is 35.5. The molecule has 0 unspecified atom stereocenters. The Morgan fingerprint density at radius 2 is 0.958 bits per heavy atom. The van der Waals surface area contributed by atoms with Crippen LogP contribution in [0.4, 0.5) is 11.9 Å². The van der Waals surface area contributed by atoms with Crippen LogP contribution in [0.1, 0.15) is 0 Å². The molecule has 2 fully saturated rings. The summed E-state index contributed by atoms with van der Waals surface area (Å²) in [5, 5.41) is 0.285. The van der Waals surface area contributed by atoms with E-state index in [0.29, 0.717) is 11.9 Å². The summed E-state index contributed by atoms with van der Waals surface area (Å²) in [5.74, 6) is 1.41. The second-order valence-electron chi connectivity index (χ2n) is 5.79. The summed E-state index contributed by atoms with van der Waals surface area (Å²) in [6, 6.07) is 0. The number of nitrogens with zero attached hydrogens (tertiary/aromatic N) is 7. The molecular weight excluding hydrogens is 396 g/mol. The minimum Gasteiger partial charge on any atom is -0.338 e. The maximum Gasteiger partial charge on any atom is 0.231 e. The van der Waals surface area contributed by atoms with Crippen molar-refractivity contribution in [3.8, 4) is 0 Å². The minimum atomic E-state index is 0. The van der Waals surface area contributed by atoms with Crippen LogP contribution in [0.3, 0.4) is 0 Å². The van der Waals surface area contributed by atoms with Gasteiger partial charge in [-0.05, 0) is 25.7 Å². The number of hydrogen-bond donors (Lipinski definition) is 0. The zero-order valence-electron chi connectivity index (χ0n) is 13.9. The molecule has 2 saturated heterocycles. The quantitative estimate of drug-likeness (QED) is 0.714. The van der Waals surface area contributed by atoms with Crippen LogP contribution in [0.5, 0.6) is 0 Å². The van der Waals surface area contributed by atoms with Crippen molar-refractivity contribution < 1.29 is 0 Å². The number of rotatable bonds is 2. The summed E-state index contributed by atoms with van der Waals surface area (Å²) in [5.41, 5.74) is 0. The molecule has 1 aromatic rings. The maximum atomic E-state index is 6.11. The zero-order chi connectivity index (χ0) is 14.8. The average molecular weight is 421 g/mol. The van der Waals surface area contributed by atoms with E-state index in [2.05, 4.69) is 48.6 Å². The number of likely N-dealkylation sites (N-methyl/N-ethyl adjacent to an activating group) is 2. The molecule has 0 spiro atoms. The van der Waals surface area contributed by atoms with Crippen molar-refractivity contribution in [3.63, 3.8) is 0 Å². The molecule has 140 valence electrons. The fourth-order valence-corrected chi connectivity index (χ4v) is 2.78. The Bertz CT molecular complexity index is 451. The van der Waals surface area contributed by atoms with Crippen molar-refractivity contribution >= 4 is 60.7 Å². The Kier molecular flexibility index (Phi) is 10.5. The van der Waals surface area contributed by atoms with Gasteiger partial charge >= 0.3 is 0 Å². The van der Waals surface area contributed by atoms with Gasteiger partial charge in [-0.3, -0.25) is 0 Å². The average Bonchev–Trinajstić information content (AvgIpc) is 2.48. The van der Waals surface area contributed by atoms with Gasteiger partial charge in [0.25, 0.3) is 0 Å². The molecule has 0 N–H and O–H groups in total. The Balaban J connectivity index is 0.00000176. The number of hydrogen-bond acceptors (Lipinski definition) is 7. The predicted octanol–water partition coefficient (Wildman–Crippen LogP) is 1.29. The van der Waals surface area contributed by atoms with E-state index in [1.807, 2.05) is 0 Å². The van der Waals surface area contributed by atoms with Crippen LogP contribution in [0.15, 0.2) is 0 Å². The normalized spacial score (nSPS) is 19.1. The van der Waals surface area contributed by atoms with E-state index in [9.17, 15) is 0 Å². The number of aromatic nitrogens is 3. The first-order valence-electron chi connectivity index (χ1n) is 7.40. The van der Waals surface area contributed by atoms with Crippen molar-refractivity contribution in [2.24, 2.45) is 0 Å². The van der Waals surface area contributed by atoms with E-state index < -0.39 is 0 Å². The fourth-order valence-electron chi connectivity index (χ4n) is 2.63. The third-order valence-electron chi connectivity index (χ3n) is 4.16. The van der Waals surface area contributed by atoms with Crippen molar-refractivity contribution in [1.29, 1.82) is 0 Å². The smallest absolute Gasteiger partial charge is 0.231 e. The summed E-state index contributed by atoms with van der Waals surface area (Å²) < 4.78 is 0. The van der Waals surface area contributed by atoms with Crippen molar-refractivity contribution in [1.82, 2.24) is 24.8 Å². The van der Waals surface area contributed by atoms with E-state index in [-0.39, 0.29) is 42.5 Å². The molecule has 2 aliphatic heterocycles. The number of piperazine rings is 2.